The summed E-state index contributed by atoms with van der Waals surface area (Å²) in [5.41, 5.74) is 0. The van der Waals surface area contributed by atoms with E-state index >= 15 is 0 Å². The zero-order chi connectivity index (χ0) is 6.97. The SMILES string of the molecule is O=[C]C1CC2CCCC2C1. The fraction of sp³-hybridized carbons (Fsp3) is 0.889. The molecule has 0 aliphatic heterocycles. The molecule has 2 aliphatic rings. The smallest absolute Gasteiger partial charge is 0.201 e. The molecule has 0 N–H and O–H groups in total. The van der Waals surface area contributed by atoms with Gasteiger partial charge < -0.3 is 0 Å². The fourth-order valence-corrected chi connectivity index (χ4v) is 2.66. The first kappa shape index (κ1) is 6.38. The zero-order valence-corrected chi connectivity index (χ0v) is 6.18. The Morgan fingerprint density at radius 3 is 2.20 bits per heavy atom. The lowest BCUT2D eigenvalue weighted by Gasteiger charge is -2.04. The Morgan fingerprint density at radius 1 is 1.10 bits per heavy atom. The molecule has 1 heteroatoms. The van der Waals surface area contributed by atoms with Crippen LogP contribution in [0.1, 0.15) is 32.1 Å². The highest BCUT2D eigenvalue weighted by Crippen LogP contribution is 2.45. The molecule has 0 aromatic carbocycles. The molecule has 0 bridgehead atoms. The summed E-state index contributed by atoms with van der Waals surface area (Å²) < 4.78 is 0. The number of hydrogen-bond acceptors (Lipinski definition) is 1. The maximum absolute atomic E-state index is 10.3. The van der Waals surface area contributed by atoms with Crippen molar-refractivity contribution in [2.75, 3.05) is 0 Å². The molecule has 0 amide bonds. The Hall–Kier alpha value is -0.330. The lowest BCUT2D eigenvalue weighted by atomic mass is 10.0. The largest absolute Gasteiger partial charge is 0.291 e. The van der Waals surface area contributed by atoms with Crippen molar-refractivity contribution in [1.29, 1.82) is 0 Å². The second kappa shape index (κ2) is 2.37. The van der Waals surface area contributed by atoms with Crippen LogP contribution in [0.25, 0.3) is 0 Å². The van der Waals surface area contributed by atoms with E-state index in [-0.39, 0.29) is 0 Å². The molecule has 2 fully saturated rings. The van der Waals surface area contributed by atoms with Crippen molar-refractivity contribution in [1.82, 2.24) is 0 Å². The van der Waals surface area contributed by atoms with E-state index in [1.54, 1.807) is 0 Å². The Bertz CT molecular complexity index is 130. The van der Waals surface area contributed by atoms with Gasteiger partial charge >= 0.3 is 0 Å². The minimum Gasteiger partial charge on any atom is -0.291 e. The highest BCUT2D eigenvalue weighted by Gasteiger charge is 2.37. The predicted octanol–water partition coefficient (Wildman–Crippen LogP) is 1.92. The lowest BCUT2D eigenvalue weighted by Crippen LogP contribution is -1.95. The molecule has 2 atom stereocenters. The van der Waals surface area contributed by atoms with Crippen LogP contribution < -0.4 is 0 Å². The molecular weight excluding hydrogens is 124 g/mol. The van der Waals surface area contributed by atoms with Gasteiger partial charge in [0.1, 0.15) is 0 Å². The summed E-state index contributed by atoms with van der Waals surface area (Å²) in [7, 11) is 0. The van der Waals surface area contributed by atoms with E-state index in [0.29, 0.717) is 5.92 Å². The minimum absolute atomic E-state index is 0.301. The van der Waals surface area contributed by atoms with Gasteiger partial charge in [0.25, 0.3) is 0 Å². The second-order valence-electron chi connectivity index (χ2n) is 3.74. The molecule has 1 radical (unpaired) electrons. The normalized spacial score (nSPS) is 45.4. The molecule has 2 unspecified atom stereocenters. The van der Waals surface area contributed by atoms with Crippen molar-refractivity contribution < 1.29 is 4.79 Å². The van der Waals surface area contributed by atoms with Gasteiger partial charge in [0, 0.05) is 5.92 Å². The van der Waals surface area contributed by atoms with Gasteiger partial charge in [-0.25, -0.2) is 0 Å². The Labute approximate surface area is 61.8 Å². The first-order valence-electron chi connectivity index (χ1n) is 4.28. The predicted molar refractivity (Wildman–Crippen MR) is 39.2 cm³/mol. The van der Waals surface area contributed by atoms with E-state index in [4.69, 9.17) is 0 Å². The van der Waals surface area contributed by atoms with Crippen LogP contribution in [0.3, 0.4) is 0 Å². The molecule has 10 heavy (non-hydrogen) atoms. The molecule has 2 saturated carbocycles. The molecule has 0 aromatic heterocycles. The third-order valence-corrected chi connectivity index (χ3v) is 3.16. The minimum atomic E-state index is 0.301. The molecule has 55 valence electrons. The maximum atomic E-state index is 10.3. The van der Waals surface area contributed by atoms with E-state index in [1.165, 1.54) is 19.3 Å². The van der Waals surface area contributed by atoms with Gasteiger partial charge in [-0.2, -0.15) is 0 Å². The van der Waals surface area contributed by atoms with Gasteiger partial charge in [0.05, 0.1) is 0 Å². The number of hydrogen-bond donors (Lipinski definition) is 0. The topological polar surface area (TPSA) is 17.1 Å². The van der Waals surface area contributed by atoms with Crippen molar-refractivity contribution in [2.24, 2.45) is 17.8 Å². The summed E-state index contributed by atoms with van der Waals surface area (Å²) in [4.78, 5) is 10.3. The Kier molecular flexibility index (Phi) is 1.51. The van der Waals surface area contributed by atoms with E-state index in [1.807, 2.05) is 0 Å². The van der Waals surface area contributed by atoms with Crippen LogP contribution in [0.5, 0.6) is 0 Å². The second-order valence-corrected chi connectivity index (χ2v) is 3.74. The fourth-order valence-electron chi connectivity index (χ4n) is 2.66. The highest BCUT2D eigenvalue weighted by molar-refractivity contribution is 5.55. The van der Waals surface area contributed by atoms with E-state index in [9.17, 15) is 4.79 Å². The van der Waals surface area contributed by atoms with Crippen LogP contribution in [0.15, 0.2) is 0 Å². The lowest BCUT2D eigenvalue weighted by molar-refractivity contribution is 0.457. The monoisotopic (exact) mass is 137 g/mol. The third kappa shape index (κ3) is 0.882. The van der Waals surface area contributed by atoms with Gasteiger partial charge in [0.2, 0.25) is 6.29 Å². The van der Waals surface area contributed by atoms with Crippen LogP contribution in [-0.4, -0.2) is 6.29 Å². The summed E-state index contributed by atoms with van der Waals surface area (Å²) in [6.07, 6.45) is 8.60. The zero-order valence-electron chi connectivity index (χ0n) is 6.18. The quantitative estimate of drug-likeness (QED) is 0.539. The van der Waals surface area contributed by atoms with Crippen molar-refractivity contribution in [3.05, 3.63) is 0 Å². The summed E-state index contributed by atoms with van der Waals surface area (Å²) >= 11 is 0. The van der Waals surface area contributed by atoms with Crippen LogP contribution >= 0.6 is 0 Å². The van der Waals surface area contributed by atoms with Crippen molar-refractivity contribution in [3.63, 3.8) is 0 Å². The van der Waals surface area contributed by atoms with Crippen LogP contribution in [-0.2, 0) is 4.79 Å². The first-order valence-corrected chi connectivity index (χ1v) is 4.28. The summed E-state index contributed by atoms with van der Waals surface area (Å²) in [6, 6.07) is 0. The average Bonchev–Trinajstić information content (AvgIpc) is 2.42. The first-order chi connectivity index (χ1) is 4.90. The van der Waals surface area contributed by atoms with Gasteiger partial charge in [-0.1, -0.05) is 19.3 Å². The molecule has 0 spiro atoms. The summed E-state index contributed by atoms with van der Waals surface area (Å²) in [5, 5.41) is 0. The van der Waals surface area contributed by atoms with Crippen LogP contribution in [0, 0.1) is 17.8 Å². The molecule has 2 rings (SSSR count). The highest BCUT2D eigenvalue weighted by atomic mass is 16.1. The summed E-state index contributed by atoms with van der Waals surface area (Å²) in [6.45, 7) is 0. The van der Waals surface area contributed by atoms with Gasteiger partial charge in [0.15, 0.2) is 0 Å². The average molecular weight is 137 g/mol. The maximum Gasteiger partial charge on any atom is 0.201 e. The number of carbonyl (C=O) groups excluding carboxylic acids is 1. The van der Waals surface area contributed by atoms with Gasteiger partial charge in [-0.3, -0.25) is 4.79 Å². The number of fused-ring (bicyclic) bond motifs is 1. The molecule has 2 aliphatic carbocycles. The Balaban J connectivity index is 1.99. The summed E-state index contributed by atoms with van der Waals surface area (Å²) in [5.74, 6) is 2.09. The standard InChI is InChI=1S/C9H13O/c10-6-7-4-8-2-1-3-9(8)5-7/h7-9H,1-5H2. The van der Waals surface area contributed by atoms with Gasteiger partial charge in [-0.05, 0) is 24.7 Å². The Morgan fingerprint density at radius 2 is 1.70 bits per heavy atom. The van der Waals surface area contributed by atoms with Crippen molar-refractivity contribution in [2.45, 2.75) is 32.1 Å². The van der Waals surface area contributed by atoms with Crippen molar-refractivity contribution >= 4 is 6.29 Å². The molecule has 0 heterocycles. The third-order valence-electron chi connectivity index (χ3n) is 3.16. The van der Waals surface area contributed by atoms with E-state index < -0.39 is 0 Å². The van der Waals surface area contributed by atoms with E-state index in [2.05, 4.69) is 6.29 Å². The van der Waals surface area contributed by atoms with Gasteiger partial charge in [-0.15, -0.1) is 0 Å². The van der Waals surface area contributed by atoms with Crippen molar-refractivity contribution in [3.8, 4) is 0 Å². The van der Waals surface area contributed by atoms with E-state index in [0.717, 1.165) is 24.7 Å². The van der Waals surface area contributed by atoms with Crippen LogP contribution in [0.4, 0.5) is 0 Å². The molecule has 0 aromatic rings. The molecule has 1 nitrogen and oxygen atoms in total. The molecule has 0 saturated heterocycles. The van der Waals surface area contributed by atoms with Crippen LogP contribution in [0.2, 0.25) is 0 Å². The molecular formula is C9H13O. The number of rotatable bonds is 1.